The summed E-state index contributed by atoms with van der Waals surface area (Å²) < 4.78 is 5.64. The number of ether oxygens (including phenoxy) is 1. The third-order valence-corrected chi connectivity index (χ3v) is 2.79. The van der Waals surface area contributed by atoms with Gasteiger partial charge in [-0.2, -0.15) is 0 Å². The van der Waals surface area contributed by atoms with E-state index in [9.17, 15) is 0 Å². The van der Waals surface area contributed by atoms with Gasteiger partial charge in [-0.25, -0.2) is 0 Å². The van der Waals surface area contributed by atoms with Gasteiger partial charge in [-0.3, -0.25) is 0 Å². The molecule has 3 nitrogen and oxygen atoms in total. The van der Waals surface area contributed by atoms with Crippen LogP contribution in [0, 0.1) is 0 Å². The summed E-state index contributed by atoms with van der Waals surface area (Å²) in [5.74, 6) is 0. The van der Waals surface area contributed by atoms with E-state index in [1.54, 1.807) is 12.1 Å². The van der Waals surface area contributed by atoms with E-state index < -0.39 is 7.12 Å². The molecule has 2 rings (SSSR count). The van der Waals surface area contributed by atoms with E-state index in [2.05, 4.69) is 0 Å². The highest BCUT2D eigenvalue weighted by Crippen LogP contribution is 2.22. The van der Waals surface area contributed by atoms with E-state index in [0.29, 0.717) is 18.2 Å². The molecule has 2 N–H and O–H groups in total. The lowest BCUT2D eigenvalue weighted by Gasteiger charge is -2.25. The molecule has 0 amide bonds. The molecule has 0 aromatic heterocycles. The zero-order chi connectivity index (χ0) is 10.7. The van der Waals surface area contributed by atoms with Gasteiger partial charge in [0.1, 0.15) is 0 Å². The monoisotopic (exact) mass is 206 g/mol. The summed E-state index contributed by atoms with van der Waals surface area (Å²) in [5.41, 5.74) is 1.51. The van der Waals surface area contributed by atoms with Gasteiger partial charge in [0.15, 0.2) is 0 Å². The van der Waals surface area contributed by atoms with Crippen LogP contribution in [0.3, 0.4) is 0 Å². The number of hydrogen-bond acceptors (Lipinski definition) is 3. The van der Waals surface area contributed by atoms with Gasteiger partial charge in [-0.1, -0.05) is 24.3 Å². The molecule has 15 heavy (non-hydrogen) atoms. The van der Waals surface area contributed by atoms with E-state index >= 15 is 0 Å². The van der Waals surface area contributed by atoms with Crippen LogP contribution >= 0.6 is 0 Å². The predicted octanol–water partition coefficient (Wildman–Crippen LogP) is 0.435. The average molecular weight is 206 g/mol. The second kappa shape index (κ2) is 4.79. The number of rotatable bonds is 4. The van der Waals surface area contributed by atoms with Gasteiger partial charge in [-0.15, -0.1) is 0 Å². The van der Waals surface area contributed by atoms with Crippen molar-refractivity contribution < 1.29 is 14.8 Å². The summed E-state index contributed by atoms with van der Waals surface area (Å²) in [6, 6.07) is 7.21. The van der Waals surface area contributed by atoms with Crippen LogP contribution in [0.2, 0.25) is 0 Å². The molecule has 80 valence electrons. The lowest BCUT2D eigenvalue weighted by Crippen LogP contribution is -2.30. The average Bonchev–Trinajstić information content (AvgIpc) is 2.16. The van der Waals surface area contributed by atoms with Crippen LogP contribution in [0.1, 0.15) is 24.8 Å². The van der Waals surface area contributed by atoms with Crippen molar-refractivity contribution in [2.24, 2.45) is 0 Å². The Labute approximate surface area is 89.8 Å². The Balaban J connectivity index is 1.92. The van der Waals surface area contributed by atoms with Crippen molar-refractivity contribution in [3.63, 3.8) is 0 Å². The maximum atomic E-state index is 9.00. The van der Waals surface area contributed by atoms with Crippen molar-refractivity contribution >= 4 is 12.6 Å². The quantitative estimate of drug-likeness (QED) is 0.702. The molecule has 0 bridgehead atoms. The van der Waals surface area contributed by atoms with Crippen molar-refractivity contribution in [3.8, 4) is 0 Å². The Bertz CT molecular complexity index is 323. The minimum absolute atomic E-state index is 0.410. The molecular weight excluding hydrogens is 191 g/mol. The van der Waals surface area contributed by atoms with Gasteiger partial charge < -0.3 is 14.8 Å². The van der Waals surface area contributed by atoms with E-state index in [1.165, 1.54) is 6.42 Å². The summed E-state index contributed by atoms with van der Waals surface area (Å²) >= 11 is 0. The van der Waals surface area contributed by atoms with Gasteiger partial charge in [0.25, 0.3) is 0 Å². The third-order valence-electron chi connectivity index (χ3n) is 2.79. The normalized spacial score (nSPS) is 16.1. The van der Waals surface area contributed by atoms with Crippen LogP contribution in [-0.4, -0.2) is 23.3 Å². The molecule has 1 aliphatic rings. The van der Waals surface area contributed by atoms with E-state index in [1.807, 2.05) is 12.1 Å². The first-order valence-electron chi connectivity index (χ1n) is 5.32. The van der Waals surface area contributed by atoms with Gasteiger partial charge in [0.05, 0.1) is 12.7 Å². The van der Waals surface area contributed by atoms with Crippen LogP contribution in [-0.2, 0) is 11.3 Å². The summed E-state index contributed by atoms with van der Waals surface area (Å²) in [4.78, 5) is 0. The van der Waals surface area contributed by atoms with E-state index in [0.717, 1.165) is 18.4 Å². The standard InChI is InChI=1S/C11H15BO3/c13-12(14)10-4-1-3-9(7-10)8-15-11-5-2-6-11/h1,3-4,7,11,13-14H,2,5-6,8H2. The molecule has 1 aliphatic carbocycles. The first-order chi connectivity index (χ1) is 7.25. The third kappa shape index (κ3) is 2.81. The molecule has 4 heteroatoms. The van der Waals surface area contributed by atoms with Crippen LogP contribution < -0.4 is 5.46 Å². The zero-order valence-electron chi connectivity index (χ0n) is 8.60. The molecule has 0 heterocycles. The predicted molar refractivity (Wildman–Crippen MR) is 58.7 cm³/mol. The Morgan fingerprint density at radius 2 is 2.13 bits per heavy atom. The molecule has 0 unspecified atom stereocenters. The molecule has 0 atom stereocenters. The van der Waals surface area contributed by atoms with Crippen molar-refractivity contribution in [1.82, 2.24) is 0 Å². The largest absolute Gasteiger partial charge is 0.488 e. The fourth-order valence-corrected chi connectivity index (χ4v) is 1.60. The van der Waals surface area contributed by atoms with Crippen molar-refractivity contribution in [3.05, 3.63) is 29.8 Å². The van der Waals surface area contributed by atoms with Gasteiger partial charge in [0, 0.05) is 0 Å². The second-order valence-corrected chi connectivity index (χ2v) is 3.98. The first-order valence-corrected chi connectivity index (χ1v) is 5.32. The maximum absolute atomic E-state index is 9.00. The Kier molecular flexibility index (Phi) is 3.41. The van der Waals surface area contributed by atoms with E-state index in [-0.39, 0.29) is 0 Å². The number of hydrogen-bond donors (Lipinski definition) is 2. The molecule has 0 radical (unpaired) electrons. The second-order valence-electron chi connectivity index (χ2n) is 3.98. The fraction of sp³-hybridized carbons (Fsp3) is 0.455. The minimum Gasteiger partial charge on any atom is -0.423 e. The summed E-state index contributed by atoms with van der Waals surface area (Å²) in [6.07, 6.45) is 3.98. The number of benzene rings is 1. The summed E-state index contributed by atoms with van der Waals surface area (Å²) in [7, 11) is -1.39. The lowest BCUT2D eigenvalue weighted by molar-refractivity contribution is -0.00864. The molecule has 1 aromatic rings. The van der Waals surface area contributed by atoms with Crippen LogP contribution in [0.15, 0.2) is 24.3 Å². The maximum Gasteiger partial charge on any atom is 0.488 e. The summed E-state index contributed by atoms with van der Waals surface area (Å²) in [5, 5.41) is 18.0. The van der Waals surface area contributed by atoms with Crippen LogP contribution in [0.5, 0.6) is 0 Å². The molecule has 0 saturated heterocycles. The first kappa shape index (κ1) is 10.7. The Hall–Kier alpha value is -0.835. The Morgan fingerprint density at radius 1 is 1.33 bits per heavy atom. The Morgan fingerprint density at radius 3 is 2.73 bits per heavy atom. The molecule has 0 spiro atoms. The highest BCUT2D eigenvalue weighted by Gasteiger charge is 2.18. The minimum atomic E-state index is -1.39. The van der Waals surface area contributed by atoms with Gasteiger partial charge >= 0.3 is 7.12 Å². The summed E-state index contributed by atoms with van der Waals surface area (Å²) in [6.45, 7) is 0.561. The molecule has 0 aliphatic heterocycles. The van der Waals surface area contributed by atoms with E-state index in [4.69, 9.17) is 14.8 Å². The SMILES string of the molecule is OB(O)c1cccc(COC2CCC2)c1. The van der Waals surface area contributed by atoms with Crippen molar-refractivity contribution in [1.29, 1.82) is 0 Å². The topological polar surface area (TPSA) is 49.7 Å². The highest BCUT2D eigenvalue weighted by molar-refractivity contribution is 6.58. The lowest BCUT2D eigenvalue weighted by atomic mass is 9.80. The smallest absolute Gasteiger partial charge is 0.423 e. The zero-order valence-corrected chi connectivity index (χ0v) is 8.60. The molecular formula is C11H15BO3. The van der Waals surface area contributed by atoms with Crippen LogP contribution in [0.25, 0.3) is 0 Å². The van der Waals surface area contributed by atoms with Gasteiger partial charge in [-0.05, 0) is 30.3 Å². The van der Waals surface area contributed by atoms with Crippen LogP contribution in [0.4, 0.5) is 0 Å². The molecule has 1 saturated carbocycles. The molecule has 1 aromatic carbocycles. The van der Waals surface area contributed by atoms with Crippen molar-refractivity contribution in [2.75, 3.05) is 0 Å². The van der Waals surface area contributed by atoms with Crippen molar-refractivity contribution in [2.45, 2.75) is 32.0 Å². The molecule has 1 fully saturated rings. The highest BCUT2D eigenvalue weighted by atomic mass is 16.5. The fourth-order valence-electron chi connectivity index (χ4n) is 1.60. The van der Waals surface area contributed by atoms with Gasteiger partial charge in [0.2, 0.25) is 0 Å².